The Labute approximate surface area is 139 Å². The summed E-state index contributed by atoms with van der Waals surface area (Å²) in [7, 11) is 0. The number of phenols is 1. The number of rotatable bonds is 8. The van der Waals surface area contributed by atoms with Crippen molar-refractivity contribution in [3.8, 4) is 5.75 Å². The van der Waals surface area contributed by atoms with Crippen LogP contribution in [0.25, 0.3) is 0 Å². The molecule has 0 fully saturated rings. The fourth-order valence-electron chi connectivity index (χ4n) is 1.74. The molecule has 0 atom stereocenters. The molecule has 22 heavy (non-hydrogen) atoms. The lowest BCUT2D eigenvalue weighted by Crippen LogP contribution is -2.24. The average molecular weight is 422 g/mol. The van der Waals surface area contributed by atoms with E-state index in [1.54, 1.807) is 22.6 Å². The molecule has 1 rings (SSSR count). The first-order valence-electron chi connectivity index (χ1n) is 6.50. The van der Waals surface area contributed by atoms with Gasteiger partial charge in [0.25, 0.3) is 5.91 Å². The van der Waals surface area contributed by atoms with Crippen LogP contribution >= 0.6 is 22.6 Å². The van der Waals surface area contributed by atoms with Crippen LogP contribution in [0.5, 0.6) is 5.75 Å². The number of hydrogen-bond acceptors (Lipinski definition) is 5. The van der Waals surface area contributed by atoms with Crippen LogP contribution in [0.1, 0.15) is 36.0 Å². The molecule has 3 N–H and O–H groups in total. The SMILES string of the molecule is O=C(O)CCCCCNC(=O)c1cc(I)c(O)c([N+](=O)[O-])c1. The van der Waals surface area contributed by atoms with Crippen LogP contribution in [-0.4, -0.2) is 33.6 Å². The number of carbonyl (C=O) groups excluding carboxylic acids is 1. The molecule has 120 valence electrons. The molecular formula is C13H15IN2O6. The van der Waals surface area contributed by atoms with Gasteiger partial charge in [-0.2, -0.15) is 0 Å². The lowest BCUT2D eigenvalue weighted by atomic mass is 10.1. The highest BCUT2D eigenvalue weighted by Crippen LogP contribution is 2.32. The second-order valence-corrected chi connectivity index (χ2v) is 5.71. The Bertz CT molecular complexity index is 590. The van der Waals surface area contributed by atoms with E-state index in [4.69, 9.17) is 5.11 Å². The van der Waals surface area contributed by atoms with Crippen molar-refractivity contribution >= 4 is 40.2 Å². The van der Waals surface area contributed by atoms with Crippen molar-refractivity contribution in [2.24, 2.45) is 0 Å². The summed E-state index contributed by atoms with van der Waals surface area (Å²) in [6, 6.07) is 2.39. The number of nitro groups is 1. The van der Waals surface area contributed by atoms with Gasteiger partial charge in [-0.1, -0.05) is 6.42 Å². The first-order chi connectivity index (χ1) is 10.3. The van der Waals surface area contributed by atoms with Crippen LogP contribution < -0.4 is 5.32 Å². The zero-order chi connectivity index (χ0) is 16.7. The molecule has 0 saturated carbocycles. The molecule has 0 aliphatic heterocycles. The van der Waals surface area contributed by atoms with Crippen LogP contribution in [0, 0.1) is 13.7 Å². The number of halogens is 1. The first kappa shape index (κ1) is 18.1. The Hall–Kier alpha value is -1.91. The number of unbranched alkanes of at least 4 members (excludes halogenated alkanes) is 2. The number of nitro benzene ring substituents is 1. The number of carboxylic acid groups (broad SMARTS) is 1. The maximum absolute atomic E-state index is 11.9. The zero-order valence-electron chi connectivity index (χ0n) is 11.5. The molecule has 0 aromatic heterocycles. The average Bonchev–Trinajstić information content (AvgIpc) is 2.44. The molecule has 1 amide bonds. The highest BCUT2D eigenvalue weighted by atomic mass is 127. The highest BCUT2D eigenvalue weighted by Gasteiger charge is 2.20. The van der Waals surface area contributed by atoms with Gasteiger partial charge < -0.3 is 15.5 Å². The van der Waals surface area contributed by atoms with Crippen LogP contribution in [0.2, 0.25) is 0 Å². The molecule has 0 radical (unpaired) electrons. The van der Waals surface area contributed by atoms with E-state index >= 15 is 0 Å². The van der Waals surface area contributed by atoms with Crippen molar-refractivity contribution in [2.45, 2.75) is 25.7 Å². The van der Waals surface area contributed by atoms with E-state index in [1.165, 1.54) is 6.07 Å². The molecule has 1 aromatic rings. The summed E-state index contributed by atoms with van der Waals surface area (Å²) in [4.78, 5) is 32.3. The molecular weight excluding hydrogens is 407 g/mol. The van der Waals surface area contributed by atoms with E-state index in [9.17, 15) is 24.8 Å². The second kappa shape index (κ2) is 8.51. The normalized spacial score (nSPS) is 10.2. The Morgan fingerprint density at radius 3 is 2.55 bits per heavy atom. The molecule has 9 heteroatoms. The lowest BCUT2D eigenvalue weighted by molar-refractivity contribution is -0.386. The molecule has 0 spiro atoms. The zero-order valence-corrected chi connectivity index (χ0v) is 13.7. The van der Waals surface area contributed by atoms with Crippen LogP contribution in [0.15, 0.2) is 12.1 Å². The van der Waals surface area contributed by atoms with Gasteiger partial charge in [-0.25, -0.2) is 0 Å². The van der Waals surface area contributed by atoms with Crippen molar-refractivity contribution in [1.82, 2.24) is 5.32 Å². The van der Waals surface area contributed by atoms with Gasteiger partial charge in [-0.15, -0.1) is 0 Å². The Kier molecular flexibility index (Phi) is 7.02. The van der Waals surface area contributed by atoms with Gasteiger partial charge in [-0.05, 0) is 41.5 Å². The summed E-state index contributed by atoms with van der Waals surface area (Å²) in [5.74, 6) is -1.79. The number of nitrogens with zero attached hydrogens (tertiary/aromatic N) is 1. The number of amides is 1. The first-order valence-corrected chi connectivity index (χ1v) is 7.57. The number of aliphatic carboxylic acids is 1. The van der Waals surface area contributed by atoms with E-state index < -0.39 is 28.2 Å². The molecule has 0 heterocycles. The minimum absolute atomic E-state index is 0.0935. The smallest absolute Gasteiger partial charge is 0.312 e. The van der Waals surface area contributed by atoms with Gasteiger partial charge >= 0.3 is 11.7 Å². The van der Waals surface area contributed by atoms with E-state index in [1.807, 2.05) is 0 Å². The largest absolute Gasteiger partial charge is 0.501 e. The van der Waals surface area contributed by atoms with E-state index in [0.717, 1.165) is 6.07 Å². The molecule has 0 aliphatic rings. The van der Waals surface area contributed by atoms with Gasteiger partial charge in [-0.3, -0.25) is 19.7 Å². The Morgan fingerprint density at radius 1 is 1.27 bits per heavy atom. The fraction of sp³-hybridized carbons (Fsp3) is 0.385. The Morgan fingerprint density at radius 2 is 1.95 bits per heavy atom. The standard InChI is InChI=1S/C13H15IN2O6/c14-9-6-8(7-10(12(9)19)16(21)22)13(20)15-5-3-1-2-4-11(17)18/h6-7,19H,1-5H2,(H,15,20)(H,17,18). The highest BCUT2D eigenvalue weighted by molar-refractivity contribution is 14.1. The lowest BCUT2D eigenvalue weighted by Gasteiger charge is -2.06. The quantitative estimate of drug-likeness (QED) is 0.255. The van der Waals surface area contributed by atoms with Crippen molar-refractivity contribution in [1.29, 1.82) is 0 Å². The molecule has 0 unspecified atom stereocenters. The van der Waals surface area contributed by atoms with Crippen molar-refractivity contribution in [3.63, 3.8) is 0 Å². The summed E-state index contributed by atoms with van der Waals surface area (Å²) in [6.07, 6.45) is 1.92. The van der Waals surface area contributed by atoms with Gasteiger partial charge in [0.15, 0.2) is 0 Å². The third kappa shape index (κ3) is 5.47. The minimum Gasteiger partial charge on any atom is -0.501 e. The number of phenolic OH excluding ortho intramolecular Hbond substituents is 1. The third-order valence-corrected chi connectivity index (χ3v) is 3.68. The van der Waals surface area contributed by atoms with Gasteiger partial charge in [0, 0.05) is 24.6 Å². The third-order valence-electron chi connectivity index (χ3n) is 2.86. The molecule has 0 aliphatic carbocycles. The predicted molar refractivity (Wildman–Crippen MR) is 85.9 cm³/mol. The van der Waals surface area contributed by atoms with Gasteiger partial charge in [0.05, 0.1) is 8.49 Å². The van der Waals surface area contributed by atoms with Gasteiger partial charge in [0.1, 0.15) is 0 Å². The summed E-state index contributed by atoms with van der Waals surface area (Å²) >= 11 is 1.71. The number of carboxylic acids is 1. The summed E-state index contributed by atoms with van der Waals surface area (Å²) in [5, 5.41) is 31.4. The van der Waals surface area contributed by atoms with Crippen LogP contribution in [0.4, 0.5) is 5.69 Å². The minimum atomic E-state index is -0.852. The molecule has 0 bridgehead atoms. The molecule has 0 saturated heterocycles. The van der Waals surface area contributed by atoms with E-state index in [0.29, 0.717) is 25.8 Å². The summed E-state index contributed by atoms with van der Waals surface area (Å²) < 4.78 is 0.221. The maximum atomic E-state index is 11.9. The topological polar surface area (TPSA) is 130 Å². The van der Waals surface area contributed by atoms with Crippen LogP contribution in [-0.2, 0) is 4.79 Å². The number of hydrogen-bond donors (Lipinski definition) is 3. The monoisotopic (exact) mass is 422 g/mol. The van der Waals surface area contributed by atoms with Crippen molar-refractivity contribution < 1.29 is 24.7 Å². The number of benzene rings is 1. The molecule has 1 aromatic carbocycles. The van der Waals surface area contributed by atoms with Crippen LogP contribution in [0.3, 0.4) is 0 Å². The van der Waals surface area contributed by atoms with Crippen molar-refractivity contribution in [2.75, 3.05) is 6.54 Å². The number of carbonyl (C=O) groups is 2. The Balaban J connectivity index is 2.56. The number of aromatic hydroxyl groups is 1. The summed E-state index contributed by atoms with van der Waals surface area (Å²) in [6.45, 7) is 0.351. The predicted octanol–water partition coefficient (Wildman–Crippen LogP) is 2.28. The van der Waals surface area contributed by atoms with E-state index in [-0.39, 0.29) is 15.6 Å². The van der Waals surface area contributed by atoms with Gasteiger partial charge in [0.2, 0.25) is 5.75 Å². The van der Waals surface area contributed by atoms with Crippen molar-refractivity contribution in [3.05, 3.63) is 31.4 Å². The summed E-state index contributed by atoms with van der Waals surface area (Å²) in [5.41, 5.74) is -0.419. The maximum Gasteiger partial charge on any atom is 0.312 e. The molecule has 8 nitrogen and oxygen atoms in total. The fourth-order valence-corrected chi connectivity index (χ4v) is 2.35. The number of nitrogens with one attached hydrogen (secondary N) is 1. The second-order valence-electron chi connectivity index (χ2n) is 4.54. The van der Waals surface area contributed by atoms with E-state index in [2.05, 4.69) is 5.32 Å².